The second-order valence-corrected chi connectivity index (χ2v) is 3.11. The van der Waals surface area contributed by atoms with Crippen LogP contribution in [0, 0.1) is 0 Å². The van der Waals surface area contributed by atoms with Gasteiger partial charge in [0.05, 0.1) is 7.11 Å². The number of methoxy groups -OCH3 is 1. The Labute approximate surface area is 98.9 Å². The van der Waals surface area contributed by atoms with Crippen LogP contribution >= 0.6 is 0 Å². The summed E-state index contributed by atoms with van der Waals surface area (Å²) in [6, 6.07) is 6.12. The Bertz CT molecular complexity index is 389. The van der Waals surface area contributed by atoms with Gasteiger partial charge < -0.3 is 14.9 Å². The summed E-state index contributed by atoms with van der Waals surface area (Å²) in [6.07, 6.45) is 0.197. The number of carbonyl (C=O) groups excluding carboxylic acids is 2. The molecule has 2 amide bonds. The predicted octanol–water partition coefficient (Wildman–Crippen LogP) is 1.68. The molecule has 1 aromatic carbocycles. The number of hydrogen-bond donors (Lipinski definition) is 2. The van der Waals surface area contributed by atoms with Gasteiger partial charge in [-0.1, -0.05) is 6.92 Å². The number of nitrogens with one attached hydrogen (secondary N) is 2. The van der Waals surface area contributed by atoms with Gasteiger partial charge in [-0.3, -0.25) is 0 Å². The molecule has 0 aromatic heterocycles. The highest BCUT2D eigenvalue weighted by Crippen LogP contribution is 2.14. The van der Waals surface area contributed by atoms with Gasteiger partial charge in [0.1, 0.15) is 5.75 Å². The molecule has 1 aromatic rings. The summed E-state index contributed by atoms with van der Waals surface area (Å²) in [6.45, 7) is 1.63. The number of carbonyl (C=O) groups is 2. The minimum atomic E-state index is -0.614. The van der Waals surface area contributed by atoms with Crippen LogP contribution in [0.15, 0.2) is 24.3 Å². The molecule has 1 rings (SSSR count). The van der Waals surface area contributed by atoms with Crippen LogP contribution in [0.4, 0.5) is 10.5 Å². The van der Waals surface area contributed by atoms with Crippen LogP contribution in [0.25, 0.3) is 0 Å². The number of urea groups is 1. The van der Waals surface area contributed by atoms with E-state index in [9.17, 15) is 9.59 Å². The van der Waals surface area contributed by atoms with E-state index in [0.29, 0.717) is 11.4 Å². The second kappa shape index (κ2) is 6.37. The molecule has 2 N–H and O–H groups in total. The topological polar surface area (TPSA) is 76.7 Å². The van der Waals surface area contributed by atoms with Crippen molar-refractivity contribution in [1.82, 2.24) is 5.48 Å². The maximum Gasteiger partial charge on any atom is 0.352 e. The number of rotatable bonds is 3. The van der Waals surface area contributed by atoms with Crippen LogP contribution in [0.5, 0.6) is 5.75 Å². The zero-order chi connectivity index (χ0) is 12.7. The lowest BCUT2D eigenvalue weighted by atomic mass is 10.3. The number of benzene rings is 1. The van der Waals surface area contributed by atoms with E-state index in [1.54, 1.807) is 38.3 Å². The van der Waals surface area contributed by atoms with Crippen LogP contribution in [-0.2, 0) is 9.63 Å². The average molecular weight is 238 g/mol. The highest BCUT2D eigenvalue weighted by Gasteiger charge is 2.04. The van der Waals surface area contributed by atoms with Gasteiger partial charge in [0.2, 0.25) is 0 Å². The Kier molecular flexibility index (Phi) is 4.80. The third-order valence-electron chi connectivity index (χ3n) is 1.89. The lowest BCUT2D eigenvalue weighted by molar-refractivity contribution is -0.148. The van der Waals surface area contributed by atoms with Crippen molar-refractivity contribution in [2.24, 2.45) is 0 Å². The lowest BCUT2D eigenvalue weighted by Gasteiger charge is -2.07. The van der Waals surface area contributed by atoms with Gasteiger partial charge in [0.15, 0.2) is 0 Å². The monoisotopic (exact) mass is 238 g/mol. The highest BCUT2D eigenvalue weighted by molar-refractivity contribution is 5.89. The molecule has 0 radical (unpaired) electrons. The summed E-state index contributed by atoms with van der Waals surface area (Å²) in [5.41, 5.74) is 2.55. The Hall–Kier alpha value is -2.24. The zero-order valence-corrected chi connectivity index (χ0v) is 9.65. The molecule has 6 heteroatoms. The van der Waals surface area contributed by atoms with Crippen molar-refractivity contribution in [2.75, 3.05) is 12.4 Å². The third kappa shape index (κ3) is 4.42. The molecule has 0 unspecified atom stereocenters. The molecule has 0 atom stereocenters. The minimum absolute atomic E-state index is 0.197. The first kappa shape index (κ1) is 12.8. The molecule has 0 aliphatic carbocycles. The normalized spacial score (nSPS) is 9.29. The van der Waals surface area contributed by atoms with Crippen LogP contribution in [-0.4, -0.2) is 19.1 Å². The summed E-state index contributed by atoms with van der Waals surface area (Å²) < 4.78 is 4.97. The number of hydroxylamine groups is 1. The molecule has 0 bridgehead atoms. The average Bonchev–Trinajstić information content (AvgIpc) is 2.36. The third-order valence-corrected chi connectivity index (χ3v) is 1.89. The van der Waals surface area contributed by atoms with Crippen LogP contribution in [0.1, 0.15) is 13.3 Å². The van der Waals surface area contributed by atoms with Crippen molar-refractivity contribution in [1.29, 1.82) is 0 Å². The molecule has 0 aliphatic heterocycles. The van der Waals surface area contributed by atoms with Gasteiger partial charge in [-0.25, -0.2) is 9.59 Å². The molecule has 0 spiro atoms. The van der Waals surface area contributed by atoms with E-state index in [1.807, 2.05) is 5.48 Å². The van der Waals surface area contributed by atoms with Gasteiger partial charge in [0.25, 0.3) is 0 Å². The lowest BCUT2D eigenvalue weighted by Crippen LogP contribution is -2.31. The smallest absolute Gasteiger partial charge is 0.352 e. The van der Waals surface area contributed by atoms with E-state index in [4.69, 9.17) is 4.74 Å². The molecular formula is C11H14N2O4. The summed E-state index contributed by atoms with van der Waals surface area (Å²) >= 11 is 0. The SMILES string of the molecule is CCC(=O)ONC(=O)Nc1ccc(OC)cc1. The molecule has 92 valence electrons. The molecule has 0 fully saturated rings. The maximum atomic E-state index is 11.3. The van der Waals surface area contributed by atoms with E-state index in [0.717, 1.165) is 0 Å². The van der Waals surface area contributed by atoms with Crippen LogP contribution in [0.2, 0.25) is 0 Å². The van der Waals surface area contributed by atoms with Crippen molar-refractivity contribution in [3.05, 3.63) is 24.3 Å². The van der Waals surface area contributed by atoms with Crippen molar-refractivity contribution >= 4 is 17.7 Å². The Morgan fingerprint density at radius 3 is 2.41 bits per heavy atom. The van der Waals surface area contributed by atoms with E-state index < -0.39 is 12.0 Å². The first-order valence-electron chi connectivity index (χ1n) is 5.06. The largest absolute Gasteiger partial charge is 0.497 e. The minimum Gasteiger partial charge on any atom is -0.497 e. The van der Waals surface area contributed by atoms with E-state index in [1.165, 1.54) is 0 Å². The van der Waals surface area contributed by atoms with Crippen molar-refractivity contribution in [2.45, 2.75) is 13.3 Å². The number of hydrogen-bond acceptors (Lipinski definition) is 4. The fraction of sp³-hybridized carbons (Fsp3) is 0.273. The maximum absolute atomic E-state index is 11.3. The molecular weight excluding hydrogens is 224 g/mol. The molecule has 0 saturated heterocycles. The molecule has 6 nitrogen and oxygen atoms in total. The van der Waals surface area contributed by atoms with Gasteiger partial charge in [-0.05, 0) is 24.3 Å². The van der Waals surface area contributed by atoms with Crippen LogP contribution in [0.3, 0.4) is 0 Å². The van der Waals surface area contributed by atoms with E-state index >= 15 is 0 Å². The molecule has 17 heavy (non-hydrogen) atoms. The number of ether oxygens (including phenoxy) is 1. The highest BCUT2D eigenvalue weighted by atomic mass is 16.7. The Balaban J connectivity index is 2.42. The molecule has 0 aliphatic rings. The molecule has 0 heterocycles. The first-order valence-corrected chi connectivity index (χ1v) is 5.06. The van der Waals surface area contributed by atoms with Crippen molar-refractivity contribution in [3.8, 4) is 5.75 Å². The van der Waals surface area contributed by atoms with Gasteiger partial charge in [-0.15, -0.1) is 0 Å². The second-order valence-electron chi connectivity index (χ2n) is 3.11. The summed E-state index contributed by atoms with van der Waals surface area (Å²) in [5, 5.41) is 2.49. The van der Waals surface area contributed by atoms with Crippen molar-refractivity contribution < 1.29 is 19.2 Å². The quantitative estimate of drug-likeness (QED) is 0.785. The number of anilines is 1. The predicted molar refractivity (Wildman–Crippen MR) is 61.5 cm³/mol. The Morgan fingerprint density at radius 2 is 1.88 bits per heavy atom. The van der Waals surface area contributed by atoms with E-state index in [-0.39, 0.29) is 6.42 Å². The first-order chi connectivity index (χ1) is 8.15. The fourth-order valence-corrected chi connectivity index (χ4v) is 1.01. The molecule has 0 saturated carbocycles. The summed E-state index contributed by atoms with van der Waals surface area (Å²) in [4.78, 5) is 26.5. The van der Waals surface area contributed by atoms with Gasteiger partial charge in [-0.2, -0.15) is 5.48 Å². The van der Waals surface area contributed by atoms with E-state index in [2.05, 4.69) is 10.2 Å². The number of amides is 2. The summed E-state index contributed by atoms with van der Waals surface area (Å²) in [7, 11) is 1.55. The fourth-order valence-electron chi connectivity index (χ4n) is 1.01. The van der Waals surface area contributed by atoms with Gasteiger partial charge in [0, 0.05) is 12.1 Å². The van der Waals surface area contributed by atoms with Crippen molar-refractivity contribution in [3.63, 3.8) is 0 Å². The summed E-state index contributed by atoms with van der Waals surface area (Å²) in [5.74, 6) is 0.184. The van der Waals surface area contributed by atoms with Crippen LogP contribution < -0.4 is 15.5 Å². The Morgan fingerprint density at radius 1 is 1.24 bits per heavy atom. The zero-order valence-electron chi connectivity index (χ0n) is 9.65. The standard InChI is InChI=1S/C11H14N2O4/c1-3-10(14)17-13-11(15)12-8-4-6-9(16-2)7-5-8/h4-7H,3H2,1-2H3,(H2,12,13,15). The van der Waals surface area contributed by atoms with Gasteiger partial charge >= 0.3 is 12.0 Å².